The Hall–Kier alpha value is -0.850. The third kappa shape index (κ3) is 4.08. The van der Waals surface area contributed by atoms with Crippen molar-refractivity contribution < 1.29 is 13.2 Å². The molecule has 1 fully saturated rings. The maximum atomic E-state index is 11.9. The van der Waals surface area contributed by atoms with E-state index in [1.54, 1.807) is 4.31 Å². The number of ether oxygens (including phenoxy) is 1. The van der Waals surface area contributed by atoms with Crippen molar-refractivity contribution in [2.75, 3.05) is 26.0 Å². The van der Waals surface area contributed by atoms with Crippen molar-refractivity contribution in [1.82, 2.24) is 8.87 Å². The van der Waals surface area contributed by atoms with Crippen LogP contribution >= 0.6 is 0 Å². The minimum atomic E-state index is -3.16. The summed E-state index contributed by atoms with van der Waals surface area (Å²) in [6.45, 7) is 3.55. The molecule has 2 aliphatic rings. The standard InChI is InChI=1S/C15H24N2O3S/c1-21(18,19)17-10-14(6-8-20-12-13-4-5-13)9-16-7-2-3-15(16)11-17/h2-3,7,13-14H,4-6,8-12H2,1H3. The molecular weight excluding hydrogens is 288 g/mol. The molecule has 1 aliphatic carbocycles. The van der Waals surface area contributed by atoms with E-state index in [1.165, 1.54) is 19.1 Å². The lowest BCUT2D eigenvalue weighted by atomic mass is 10.1. The molecule has 1 aromatic heterocycles. The van der Waals surface area contributed by atoms with Gasteiger partial charge in [-0.2, -0.15) is 4.31 Å². The minimum absolute atomic E-state index is 0.313. The van der Waals surface area contributed by atoms with Gasteiger partial charge in [-0.25, -0.2) is 8.42 Å². The molecule has 5 nitrogen and oxygen atoms in total. The molecule has 0 amide bonds. The first-order valence-corrected chi connectivity index (χ1v) is 9.54. The number of hydrogen-bond acceptors (Lipinski definition) is 3. The third-order valence-electron chi connectivity index (χ3n) is 4.37. The topological polar surface area (TPSA) is 51.5 Å². The maximum absolute atomic E-state index is 11.9. The van der Waals surface area contributed by atoms with Gasteiger partial charge in [0, 0.05) is 38.2 Å². The Morgan fingerprint density at radius 1 is 1.29 bits per heavy atom. The molecule has 0 aromatic carbocycles. The first-order valence-electron chi connectivity index (χ1n) is 7.69. The normalized spacial score (nSPS) is 23.8. The van der Waals surface area contributed by atoms with E-state index in [-0.39, 0.29) is 0 Å². The minimum Gasteiger partial charge on any atom is -0.381 e. The zero-order valence-electron chi connectivity index (χ0n) is 12.6. The van der Waals surface area contributed by atoms with E-state index in [1.807, 2.05) is 18.3 Å². The Labute approximate surface area is 126 Å². The van der Waals surface area contributed by atoms with Gasteiger partial charge < -0.3 is 9.30 Å². The van der Waals surface area contributed by atoms with Crippen molar-refractivity contribution in [1.29, 1.82) is 0 Å². The molecule has 0 radical (unpaired) electrons. The number of fused-ring (bicyclic) bond motifs is 1. The molecule has 6 heteroatoms. The number of aromatic nitrogens is 1. The van der Waals surface area contributed by atoms with E-state index in [0.29, 0.717) is 19.0 Å². The first kappa shape index (κ1) is 15.1. The highest BCUT2D eigenvalue weighted by atomic mass is 32.2. The second-order valence-corrected chi connectivity index (χ2v) is 8.36. The van der Waals surface area contributed by atoms with Gasteiger partial charge in [0.05, 0.1) is 12.8 Å². The average Bonchev–Trinajstić information content (AvgIpc) is 3.17. The van der Waals surface area contributed by atoms with Gasteiger partial charge in [-0.3, -0.25) is 0 Å². The fraction of sp³-hybridized carbons (Fsp3) is 0.733. The van der Waals surface area contributed by atoms with Gasteiger partial charge in [-0.15, -0.1) is 0 Å². The smallest absolute Gasteiger partial charge is 0.211 e. The number of rotatable bonds is 6. The molecule has 3 rings (SSSR count). The molecular formula is C15H24N2O3S. The van der Waals surface area contributed by atoms with Crippen molar-refractivity contribution >= 4 is 10.0 Å². The largest absolute Gasteiger partial charge is 0.381 e. The molecule has 0 saturated heterocycles. The van der Waals surface area contributed by atoms with Crippen LogP contribution in [0.2, 0.25) is 0 Å². The second kappa shape index (κ2) is 6.10. The van der Waals surface area contributed by atoms with E-state index in [2.05, 4.69) is 4.57 Å². The van der Waals surface area contributed by atoms with Gasteiger partial charge >= 0.3 is 0 Å². The van der Waals surface area contributed by atoms with Crippen molar-refractivity contribution in [2.24, 2.45) is 11.8 Å². The van der Waals surface area contributed by atoms with Gasteiger partial charge in [0.25, 0.3) is 0 Å². The van der Waals surface area contributed by atoms with Crippen LogP contribution in [0.25, 0.3) is 0 Å². The van der Waals surface area contributed by atoms with Gasteiger partial charge in [-0.05, 0) is 43.2 Å². The number of hydrogen-bond donors (Lipinski definition) is 0. The quantitative estimate of drug-likeness (QED) is 0.751. The molecule has 0 spiro atoms. The Morgan fingerprint density at radius 2 is 2.10 bits per heavy atom. The summed E-state index contributed by atoms with van der Waals surface area (Å²) in [5, 5.41) is 0. The van der Waals surface area contributed by atoms with Crippen LogP contribution in [-0.4, -0.2) is 43.3 Å². The molecule has 1 atom stereocenters. The second-order valence-electron chi connectivity index (χ2n) is 6.38. The SMILES string of the molecule is CS(=O)(=O)N1Cc2cccn2CC(CCOCC2CC2)C1. The Morgan fingerprint density at radius 3 is 2.81 bits per heavy atom. The highest BCUT2D eigenvalue weighted by Crippen LogP contribution is 2.29. The molecule has 1 aliphatic heterocycles. The number of sulfonamides is 1. The summed E-state index contributed by atoms with van der Waals surface area (Å²) in [4.78, 5) is 0. The molecule has 1 aromatic rings. The Balaban J connectivity index is 1.62. The highest BCUT2D eigenvalue weighted by molar-refractivity contribution is 7.88. The summed E-state index contributed by atoms with van der Waals surface area (Å²) in [5.41, 5.74) is 1.07. The summed E-state index contributed by atoms with van der Waals surface area (Å²) in [6, 6.07) is 3.99. The molecule has 1 unspecified atom stereocenters. The van der Waals surface area contributed by atoms with E-state index in [0.717, 1.165) is 37.8 Å². The average molecular weight is 312 g/mol. The van der Waals surface area contributed by atoms with Gasteiger partial charge in [0.15, 0.2) is 0 Å². The van der Waals surface area contributed by atoms with Crippen molar-refractivity contribution in [3.05, 3.63) is 24.0 Å². The molecule has 118 valence electrons. The first-order chi connectivity index (χ1) is 10.0. The lowest BCUT2D eigenvalue weighted by Crippen LogP contribution is -2.33. The third-order valence-corrected chi connectivity index (χ3v) is 5.58. The van der Waals surface area contributed by atoms with Crippen molar-refractivity contribution in [3.63, 3.8) is 0 Å². The Kier molecular flexibility index (Phi) is 4.38. The zero-order valence-corrected chi connectivity index (χ0v) is 13.4. The summed E-state index contributed by atoms with van der Waals surface area (Å²) >= 11 is 0. The van der Waals surface area contributed by atoms with E-state index >= 15 is 0 Å². The molecule has 2 heterocycles. The fourth-order valence-electron chi connectivity index (χ4n) is 2.86. The zero-order chi connectivity index (χ0) is 14.9. The molecule has 1 saturated carbocycles. The van der Waals surface area contributed by atoms with Crippen LogP contribution < -0.4 is 0 Å². The van der Waals surface area contributed by atoms with Crippen LogP contribution in [-0.2, 0) is 27.8 Å². The fourth-order valence-corrected chi connectivity index (χ4v) is 3.71. The van der Waals surface area contributed by atoms with Crippen molar-refractivity contribution in [3.8, 4) is 0 Å². The summed E-state index contributed by atoms with van der Waals surface area (Å²) < 4.78 is 33.3. The lowest BCUT2D eigenvalue weighted by Gasteiger charge is -2.21. The maximum Gasteiger partial charge on any atom is 0.211 e. The predicted molar refractivity (Wildman–Crippen MR) is 81.3 cm³/mol. The summed E-state index contributed by atoms with van der Waals surface area (Å²) in [5.74, 6) is 1.09. The lowest BCUT2D eigenvalue weighted by molar-refractivity contribution is 0.106. The van der Waals surface area contributed by atoms with Gasteiger partial charge in [0.1, 0.15) is 0 Å². The van der Waals surface area contributed by atoms with Crippen LogP contribution in [0.5, 0.6) is 0 Å². The highest BCUT2D eigenvalue weighted by Gasteiger charge is 2.27. The van der Waals surface area contributed by atoms with Gasteiger partial charge in [-0.1, -0.05) is 0 Å². The van der Waals surface area contributed by atoms with E-state index in [9.17, 15) is 8.42 Å². The molecule has 0 N–H and O–H groups in total. The Bertz CT molecular complexity index is 577. The molecule has 21 heavy (non-hydrogen) atoms. The monoisotopic (exact) mass is 312 g/mol. The van der Waals surface area contributed by atoms with Crippen LogP contribution in [0.15, 0.2) is 18.3 Å². The van der Waals surface area contributed by atoms with Crippen molar-refractivity contribution in [2.45, 2.75) is 32.4 Å². The van der Waals surface area contributed by atoms with Crippen LogP contribution in [0.1, 0.15) is 25.0 Å². The summed E-state index contributed by atoms with van der Waals surface area (Å²) in [7, 11) is -3.16. The summed E-state index contributed by atoms with van der Waals surface area (Å²) in [6.07, 6.45) is 6.86. The van der Waals surface area contributed by atoms with Crippen LogP contribution in [0, 0.1) is 11.8 Å². The predicted octanol–water partition coefficient (Wildman–Crippen LogP) is 1.70. The van der Waals surface area contributed by atoms with Crippen LogP contribution in [0.4, 0.5) is 0 Å². The van der Waals surface area contributed by atoms with Gasteiger partial charge in [0.2, 0.25) is 10.0 Å². The molecule has 0 bridgehead atoms. The van der Waals surface area contributed by atoms with E-state index in [4.69, 9.17) is 4.74 Å². The van der Waals surface area contributed by atoms with Crippen LogP contribution in [0.3, 0.4) is 0 Å². The van der Waals surface area contributed by atoms with E-state index < -0.39 is 10.0 Å². The number of nitrogens with zero attached hydrogens (tertiary/aromatic N) is 2.